The summed E-state index contributed by atoms with van der Waals surface area (Å²) in [4.78, 5) is 13.9. The van der Waals surface area contributed by atoms with E-state index < -0.39 is 11.6 Å². The molecule has 0 bridgehead atoms. The fourth-order valence-electron chi connectivity index (χ4n) is 2.80. The van der Waals surface area contributed by atoms with Gasteiger partial charge < -0.3 is 10.2 Å². The van der Waals surface area contributed by atoms with Crippen molar-refractivity contribution in [3.05, 3.63) is 35.4 Å². The van der Waals surface area contributed by atoms with Crippen molar-refractivity contribution in [2.24, 2.45) is 5.92 Å². The van der Waals surface area contributed by atoms with Gasteiger partial charge in [0.05, 0.1) is 6.04 Å². The summed E-state index contributed by atoms with van der Waals surface area (Å²) in [5.41, 5.74) is 0.329. The van der Waals surface area contributed by atoms with Crippen LogP contribution in [0.15, 0.2) is 18.2 Å². The highest BCUT2D eigenvalue weighted by Crippen LogP contribution is 2.21. The van der Waals surface area contributed by atoms with Crippen molar-refractivity contribution in [2.75, 3.05) is 13.6 Å². The zero-order chi connectivity index (χ0) is 15.4. The molecule has 2 unspecified atom stereocenters. The van der Waals surface area contributed by atoms with E-state index >= 15 is 0 Å². The number of benzene rings is 1. The number of likely N-dealkylation sites (N-methyl/N-ethyl adjacent to an activating group) is 1. The van der Waals surface area contributed by atoms with Crippen molar-refractivity contribution >= 4 is 5.91 Å². The van der Waals surface area contributed by atoms with Crippen LogP contribution < -0.4 is 5.32 Å². The summed E-state index contributed by atoms with van der Waals surface area (Å²) in [6.45, 7) is 3.13. The molecule has 0 aromatic heterocycles. The summed E-state index contributed by atoms with van der Waals surface area (Å²) in [6.07, 6.45) is 2.99. The summed E-state index contributed by atoms with van der Waals surface area (Å²) < 4.78 is 26.5. The van der Waals surface area contributed by atoms with Crippen molar-refractivity contribution in [1.82, 2.24) is 10.2 Å². The van der Waals surface area contributed by atoms with Crippen LogP contribution in [0.5, 0.6) is 0 Å². The maximum atomic E-state index is 13.6. The minimum atomic E-state index is -0.613. The Morgan fingerprint density at radius 2 is 2.19 bits per heavy atom. The third-order valence-corrected chi connectivity index (χ3v) is 4.19. The predicted octanol–water partition coefficient (Wildman–Crippen LogP) is 2.70. The third kappa shape index (κ3) is 4.00. The summed E-state index contributed by atoms with van der Waals surface area (Å²) in [5, 5.41) is 3.23. The average molecular weight is 296 g/mol. The second-order valence-electron chi connectivity index (χ2n) is 5.74. The van der Waals surface area contributed by atoms with Crippen molar-refractivity contribution in [3.8, 4) is 0 Å². The van der Waals surface area contributed by atoms with Crippen LogP contribution in [0.3, 0.4) is 0 Å². The highest BCUT2D eigenvalue weighted by atomic mass is 19.1. The minimum absolute atomic E-state index is 0.0307. The fourth-order valence-corrected chi connectivity index (χ4v) is 2.80. The number of piperidine rings is 1. The number of rotatable bonds is 4. The van der Waals surface area contributed by atoms with Crippen LogP contribution in [0.25, 0.3) is 0 Å². The molecule has 3 nitrogen and oxygen atoms in total. The normalized spacial score (nSPS) is 22.1. The van der Waals surface area contributed by atoms with Gasteiger partial charge >= 0.3 is 0 Å². The zero-order valence-electron chi connectivity index (χ0n) is 12.5. The lowest BCUT2D eigenvalue weighted by atomic mass is 9.90. The molecular formula is C16H22F2N2O. The maximum absolute atomic E-state index is 13.6. The smallest absolute Gasteiger partial charge is 0.239 e. The molecule has 0 radical (unpaired) electrons. The van der Waals surface area contributed by atoms with Gasteiger partial charge in [-0.2, -0.15) is 0 Å². The zero-order valence-corrected chi connectivity index (χ0v) is 12.5. The molecule has 21 heavy (non-hydrogen) atoms. The van der Waals surface area contributed by atoms with Crippen molar-refractivity contribution < 1.29 is 13.6 Å². The first kappa shape index (κ1) is 15.9. The molecule has 1 fully saturated rings. The van der Waals surface area contributed by atoms with Gasteiger partial charge in [-0.15, -0.1) is 0 Å². The van der Waals surface area contributed by atoms with Gasteiger partial charge in [-0.3, -0.25) is 4.79 Å². The van der Waals surface area contributed by atoms with Gasteiger partial charge in [0, 0.05) is 25.2 Å². The molecule has 1 amide bonds. The lowest BCUT2D eigenvalue weighted by molar-refractivity contribution is -0.133. The Bertz CT molecular complexity index is 507. The first-order valence-electron chi connectivity index (χ1n) is 7.43. The lowest BCUT2D eigenvalue weighted by Crippen LogP contribution is -2.49. The van der Waals surface area contributed by atoms with Gasteiger partial charge in [0.2, 0.25) is 5.91 Å². The summed E-state index contributed by atoms with van der Waals surface area (Å²) in [7, 11) is 1.66. The molecular weight excluding hydrogens is 274 g/mol. The number of carbonyl (C=O) groups excluding carboxylic acids is 1. The maximum Gasteiger partial charge on any atom is 0.239 e. The predicted molar refractivity (Wildman–Crippen MR) is 77.6 cm³/mol. The van der Waals surface area contributed by atoms with Gasteiger partial charge in [0.1, 0.15) is 11.6 Å². The monoisotopic (exact) mass is 296 g/mol. The number of carbonyl (C=O) groups is 1. The first-order chi connectivity index (χ1) is 10.0. The molecule has 2 rings (SSSR count). The van der Waals surface area contributed by atoms with E-state index in [0.29, 0.717) is 11.5 Å². The number of nitrogens with one attached hydrogen (secondary N) is 1. The fraction of sp³-hybridized carbons (Fsp3) is 0.562. The Hall–Kier alpha value is -1.49. The Morgan fingerprint density at radius 3 is 2.86 bits per heavy atom. The molecule has 1 aromatic carbocycles. The number of halogens is 2. The Balaban J connectivity index is 1.99. The third-order valence-electron chi connectivity index (χ3n) is 4.19. The lowest BCUT2D eigenvalue weighted by Gasteiger charge is -2.31. The van der Waals surface area contributed by atoms with Crippen molar-refractivity contribution in [3.63, 3.8) is 0 Å². The second kappa shape index (κ2) is 6.98. The summed E-state index contributed by atoms with van der Waals surface area (Å²) in [6, 6.07) is 3.25. The molecule has 1 heterocycles. The van der Waals surface area contributed by atoms with E-state index in [1.54, 1.807) is 7.05 Å². The van der Waals surface area contributed by atoms with E-state index in [-0.39, 0.29) is 18.5 Å². The van der Waals surface area contributed by atoms with Crippen LogP contribution in [-0.4, -0.2) is 30.4 Å². The van der Waals surface area contributed by atoms with Gasteiger partial charge in [0.15, 0.2) is 0 Å². The molecule has 0 spiro atoms. The molecule has 0 aliphatic carbocycles. The molecule has 1 aliphatic rings. The van der Waals surface area contributed by atoms with Crippen LogP contribution in [0, 0.1) is 17.6 Å². The number of hydrogen-bond acceptors (Lipinski definition) is 2. The Morgan fingerprint density at radius 1 is 1.43 bits per heavy atom. The van der Waals surface area contributed by atoms with E-state index in [4.69, 9.17) is 0 Å². The number of hydrogen-bond donors (Lipinski definition) is 1. The average Bonchev–Trinajstić information content (AvgIpc) is 2.49. The van der Waals surface area contributed by atoms with Gasteiger partial charge in [0.25, 0.3) is 0 Å². The van der Waals surface area contributed by atoms with Crippen LogP contribution in [0.4, 0.5) is 8.78 Å². The Kier molecular flexibility index (Phi) is 5.28. The van der Waals surface area contributed by atoms with Gasteiger partial charge in [-0.1, -0.05) is 19.4 Å². The van der Waals surface area contributed by atoms with E-state index in [0.717, 1.165) is 31.9 Å². The molecule has 0 saturated carbocycles. The first-order valence-corrected chi connectivity index (χ1v) is 7.43. The summed E-state index contributed by atoms with van der Waals surface area (Å²) >= 11 is 0. The largest absolute Gasteiger partial charge is 0.340 e. The molecule has 1 aromatic rings. The van der Waals surface area contributed by atoms with Crippen molar-refractivity contribution in [1.29, 1.82) is 0 Å². The highest BCUT2D eigenvalue weighted by molar-refractivity contribution is 5.81. The minimum Gasteiger partial charge on any atom is -0.340 e. The Labute approximate surface area is 124 Å². The molecule has 1 saturated heterocycles. The molecule has 1 N–H and O–H groups in total. The van der Waals surface area contributed by atoms with Crippen LogP contribution in [0.1, 0.15) is 31.7 Å². The summed E-state index contributed by atoms with van der Waals surface area (Å²) in [5.74, 6) is -0.685. The number of nitrogens with zero attached hydrogens (tertiary/aromatic N) is 1. The van der Waals surface area contributed by atoms with E-state index in [2.05, 4.69) is 12.2 Å². The van der Waals surface area contributed by atoms with Crippen LogP contribution in [0.2, 0.25) is 0 Å². The SMILES string of the molecule is CCC1CCNC(C(=O)N(C)Cc2ccc(F)cc2F)C1. The van der Waals surface area contributed by atoms with E-state index in [9.17, 15) is 13.6 Å². The standard InChI is InChI=1S/C16H22F2N2O/c1-3-11-6-7-19-15(8-11)16(21)20(2)10-12-4-5-13(17)9-14(12)18/h4-5,9,11,15,19H,3,6-8,10H2,1-2H3. The molecule has 116 valence electrons. The number of amides is 1. The molecule has 5 heteroatoms. The van der Waals surface area contributed by atoms with Gasteiger partial charge in [-0.05, 0) is 31.4 Å². The van der Waals surface area contributed by atoms with E-state index in [1.807, 2.05) is 0 Å². The van der Waals surface area contributed by atoms with Crippen LogP contribution in [-0.2, 0) is 11.3 Å². The van der Waals surface area contributed by atoms with Gasteiger partial charge in [-0.25, -0.2) is 8.78 Å². The second-order valence-corrected chi connectivity index (χ2v) is 5.74. The quantitative estimate of drug-likeness (QED) is 0.926. The molecule has 2 atom stereocenters. The van der Waals surface area contributed by atoms with Crippen molar-refractivity contribution in [2.45, 2.75) is 38.8 Å². The van der Waals surface area contributed by atoms with Crippen LogP contribution >= 0.6 is 0 Å². The van der Waals surface area contributed by atoms with E-state index in [1.165, 1.54) is 17.0 Å². The highest BCUT2D eigenvalue weighted by Gasteiger charge is 2.28. The molecule has 1 aliphatic heterocycles. The topological polar surface area (TPSA) is 32.3 Å².